The molecule has 154 valence electrons. The monoisotopic (exact) mass is 422 g/mol. The van der Waals surface area contributed by atoms with Crippen molar-refractivity contribution in [1.82, 2.24) is 10.3 Å². The fourth-order valence-corrected chi connectivity index (χ4v) is 5.31. The minimum absolute atomic E-state index is 0.123. The summed E-state index contributed by atoms with van der Waals surface area (Å²) in [4.78, 5) is 17.1. The van der Waals surface area contributed by atoms with E-state index in [9.17, 15) is 9.18 Å². The molecule has 0 bridgehead atoms. The van der Waals surface area contributed by atoms with Gasteiger partial charge in [0.15, 0.2) is 0 Å². The van der Waals surface area contributed by atoms with Gasteiger partial charge in [0.1, 0.15) is 5.82 Å². The summed E-state index contributed by atoms with van der Waals surface area (Å²) in [6, 6.07) is 14.4. The van der Waals surface area contributed by atoms with Crippen molar-refractivity contribution >= 4 is 28.4 Å². The van der Waals surface area contributed by atoms with Gasteiger partial charge in [0.05, 0.1) is 5.52 Å². The maximum atomic E-state index is 13.8. The Balaban J connectivity index is 1.21. The van der Waals surface area contributed by atoms with Crippen LogP contribution < -0.4 is 5.32 Å². The van der Waals surface area contributed by atoms with Gasteiger partial charge in [-0.1, -0.05) is 23.7 Å². The molecule has 1 aromatic heterocycles. The van der Waals surface area contributed by atoms with Crippen LogP contribution in [0.3, 0.4) is 0 Å². The molecule has 1 N–H and O–H groups in total. The lowest BCUT2D eigenvalue weighted by molar-refractivity contribution is -0.123. The molecule has 30 heavy (non-hydrogen) atoms. The number of fused-ring (bicyclic) bond motifs is 1. The standard InChI is InChI=1S/C25H24ClFN2O/c26-18-3-1-16(2-4-18)15-29-24(30)22-14-25(22)10-7-17(8-11-25)20-9-12-28-23-6-5-19(27)13-21(20)23/h1-6,9,12-13,17,22H,7-8,10-11,14-15H2,(H,29,30). The fourth-order valence-electron chi connectivity index (χ4n) is 5.19. The van der Waals surface area contributed by atoms with Gasteiger partial charge in [0, 0.05) is 29.1 Å². The second-order valence-corrected chi connectivity index (χ2v) is 9.24. The quantitative estimate of drug-likeness (QED) is 0.559. The highest BCUT2D eigenvalue weighted by Crippen LogP contribution is 2.63. The number of hydrogen-bond acceptors (Lipinski definition) is 2. The van der Waals surface area contributed by atoms with Crippen LogP contribution in [-0.4, -0.2) is 10.9 Å². The van der Waals surface area contributed by atoms with Crippen molar-refractivity contribution < 1.29 is 9.18 Å². The summed E-state index contributed by atoms with van der Waals surface area (Å²) in [6.45, 7) is 0.541. The smallest absolute Gasteiger partial charge is 0.223 e. The number of carbonyl (C=O) groups is 1. The van der Waals surface area contributed by atoms with Crippen LogP contribution in [0.1, 0.15) is 49.1 Å². The Morgan fingerprint density at radius 1 is 1.13 bits per heavy atom. The summed E-state index contributed by atoms with van der Waals surface area (Å²) in [7, 11) is 0. The first kappa shape index (κ1) is 19.5. The summed E-state index contributed by atoms with van der Waals surface area (Å²) < 4.78 is 13.8. The van der Waals surface area contributed by atoms with E-state index in [0.717, 1.165) is 48.6 Å². The van der Waals surface area contributed by atoms with Gasteiger partial charge >= 0.3 is 0 Å². The average Bonchev–Trinajstić information content (AvgIpc) is 3.46. The summed E-state index contributed by atoms with van der Waals surface area (Å²) >= 11 is 5.92. The second-order valence-electron chi connectivity index (χ2n) is 8.80. The lowest BCUT2D eigenvalue weighted by Crippen LogP contribution is -2.28. The van der Waals surface area contributed by atoms with Crippen molar-refractivity contribution in [2.24, 2.45) is 11.3 Å². The molecular weight excluding hydrogens is 399 g/mol. The van der Waals surface area contributed by atoms with Crippen LogP contribution in [0.2, 0.25) is 5.02 Å². The second kappa shape index (κ2) is 7.66. The van der Waals surface area contributed by atoms with Crippen molar-refractivity contribution in [3.63, 3.8) is 0 Å². The Kier molecular flexibility index (Phi) is 4.98. The highest BCUT2D eigenvalue weighted by Gasteiger charge is 2.58. The minimum Gasteiger partial charge on any atom is -0.352 e. The number of nitrogens with one attached hydrogen (secondary N) is 1. The number of pyridine rings is 1. The molecule has 1 atom stereocenters. The number of aromatic nitrogens is 1. The molecule has 5 heteroatoms. The Bertz CT molecular complexity index is 1090. The first-order valence-corrected chi connectivity index (χ1v) is 11.0. The Labute approximate surface area is 180 Å². The van der Waals surface area contributed by atoms with Gasteiger partial charge in [-0.2, -0.15) is 0 Å². The summed E-state index contributed by atoms with van der Waals surface area (Å²) in [5, 5.41) is 4.72. The molecule has 5 rings (SSSR count). The third kappa shape index (κ3) is 3.69. The molecule has 2 fully saturated rings. The minimum atomic E-state index is -0.219. The van der Waals surface area contributed by atoms with Gasteiger partial charge < -0.3 is 5.32 Å². The topological polar surface area (TPSA) is 42.0 Å². The third-order valence-electron chi connectivity index (χ3n) is 7.04. The van der Waals surface area contributed by atoms with Crippen molar-refractivity contribution in [2.75, 3.05) is 0 Å². The van der Waals surface area contributed by atoms with Gasteiger partial charge in [-0.25, -0.2) is 4.39 Å². The molecule has 0 aliphatic heterocycles. The number of rotatable bonds is 4. The molecule has 1 amide bonds. The van der Waals surface area contributed by atoms with Crippen molar-refractivity contribution in [1.29, 1.82) is 0 Å². The van der Waals surface area contributed by atoms with Crippen LogP contribution >= 0.6 is 11.6 Å². The summed E-state index contributed by atoms with van der Waals surface area (Å²) in [6.07, 6.45) is 6.99. The SMILES string of the molecule is O=C(NCc1ccc(Cl)cc1)C1CC12CCC(c1ccnc3ccc(F)cc13)CC2. The average molecular weight is 423 g/mol. The molecule has 3 aromatic rings. The van der Waals surface area contributed by atoms with E-state index in [1.165, 1.54) is 11.6 Å². The van der Waals surface area contributed by atoms with Gasteiger partial charge in [0.25, 0.3) is 0 Å². The molecule has 0 radical (unpaired) electrons. The first-order valence-electron chi connectivity index (χ1n) is 10.6. The van der Waals surface area contributed by atoms with Crippen LogP contribution in [-0.2, 0) is 11.3 Å². The predicted molar refractivity (Wildman–Crippen MR) is 117 cm³/mol. The van der Waals surface area contributed by atoms with Gasteiger partial charge in [0.2, 0.25) is 5.91 Å². The van der Waals surface area contributed by atoms with Crippen LogP contribution in [0.15, 0.2) is 54.7 Å². The van der Waals surface area contributed by atoms with Crippen molar-refractivity contribution in [3.8, 4) is 0 Å². The van der Waals surface area contributed by atoms with Gasteiger partial charge in [-0.3, -0.25) is 9.78 Å². The number of hydrogen-bond donors (Lipinski definition) is 1. The Hall–Kier alpha value is -2.46. The van der Waals surface area contributed by atoms with Crippen LogP contribution in [0.5, 0.6) is 0 Å². The highest BCUT2D eigenvalue weighted by atomic mass is 35.5. The lowest BCUT2D eigenvalue weighted by Gasteiger charge is -2.30. The largest absolute Gasteiger partial charge is 0.352 e. The first-order chi connectivity index (χ1) is 14.5. The van der Waals surface area contributed by atoms with E-state index < -0.39 is 0 Å². The van der Waals surface area contributed by atoms with E-state index in [1.807, 2.05) is 36.5 Å². The fraction of sp³-hybridized carbons (Fsp3) is 0.360. The van der Waals surface area contributed by atoms with Crippen molar-refractivity contribution in [3.05, 3.63) is 76.7 Å². The molecule has 1 heterocycles. The van der Waals surface area contributed by atoms with Crippen LogP contribution in [0, 0.1) is 17.2 Å². The zero-order valence-corrected chi connectivity index (χ0v) is 17.5. The number of benzene rings is 2. The van der Waals surface area contributed by atoms with E-state index in [1.54, 1.807) is 12.1 Å². The summed E-state index contributed by atoms with van der Waals surface area (Å²) in [5.41, 5.74) is 3.26. The number of nitrogens with zero attached hydrogens (tertiary/aromatic N) is 1. The van der Waals surface area contributed by atoms with Gasteiger partial charge in [-0.05, 0) is 91.0 Å². The molecule has 2 aromatic carbocycles. The highest BCUT2D eigenvalue weighted by molar-refractivity contribution is 6.30. The Morgan fingerprint density at radius 2 is 1.90 bits per heavy atom. The summed E-state index contributed by atoms with van der Waals surface area (Å²) in [5.74, 6) is 0.474. The Morgan fingerprint density at radius 3 is 2.67 bits per heavy atom. The molecule has 2 saturated carbocycles. The van der Waals surface area contributed by atoms with Gasteiger partial charge in [-0.15, -0.1) is 0 Å². The molecule has 2 aliphatic carbocycles. The van der Waals surface area contributed by atoms with E-state index in [-0.39, 0.29) is 23.1 Å². The molecule has 3 nitrogen and oxygen atoms in total. The molecule has 0 saturated heterocycles. The van der Waals surface area contributed by atoms with E-state index >= 15 is 0 Å². The third-order valence-corrected chi connectivity index (χ3v) is 7.30. The maximum absolute atomic E-state index is 13.8. The van der Waals surface area contributed by atoms with E-state index in [2.05, 4.69) is 10.3 Å². The zero-order chi connectivity index (χ0) is 20.7. The molecular formula is C25H24ClFN2O. The number of halogens is 2. The molecule has 2 aliphatic rings. The lowest BCUT2D eigenvalue weighted by atomic mass is 9.75. The van der Waals surface area contributed by atoms with E-state index in [0.29, 0.717) is 17.5 Å². The normalized spacial score (nSPS) is 25.4. The number of carbonyl (C=O) groups excluding carboxylic acids is 1. The molecule has 1 spiro atoms. The number of amides is 1. The van der Waals surface area contributed by atoms with Crippen LogP contribution in [0.4, 0.5) is 4.39 Å². The van der Waals surface area contributed by atoms with Crippen LogP contribution in [0.25, 0.3) is 10.9 Å². The predicted octanol–water partition coefficient (Wildman–Crippen LogP) is 6.01. The zero-order valence-electron chi connectivity index (χ0n) is 16.7. The maximum Gasteiger partial charge on any atom is 0.223 e. The van der Waals surface area contributed by atoms with Crippen molar-refractivity contribution in [2.45, 2.75) is 44.6 Å². The van der Waals surface area contributed by atoms with E-state index in [4.69, 9.17) is 11.6 Å². The molecule has 1 unspecified atom stereocenters.